The van der Waals surface area contributed by atoms with E-state index in [2.05, 4.69) is 19.2 Å². The van der Waals surface area contributed by atoms with E-state index in [0.717, 1.165) is 26.1 Å². The summed E-state index contributed by atoms with van der Waals surface area (Å²) in [6, 6.07) is 0.487. The van der Waals surface area contributed by atoms with Gasteiger partial charge in [-0.1, -0.05) is 27.7 Å². The van der Waals surface area contributed by atoms with E-state index in [-0.39, 0.29) is 5.92 Å². The standard InChI is InChI=1S/C12H24N2O/c1-9(2)7-11-8-14(6-5-13-11)12(15)10(3)4/h9-11,13H,5-8H2,1-4H3. The molecule has 0 aliphatic carbocycles. The summed E-state index contributed by atoms with van der Waals surface area (Å²) in [5.74, 6) is 1.12. The summed E-state index contributed by atoms with van der Waals surface area (Å²) in [4.78, 5) is 13.8. The lowest BCUT2D eigenvalue weighted by Gasteiger charge is -2.35. The third-order valence-corrected chi connectivity index (χ3v) is 2.82. The predicted molar refractivity (Wildman–Crippen MR) is 62.7 cm³/mol. The molecule has 1 rings (SSSR count). The van der Waals surface area contributed by atoms with E-state index in [9.17, 15) is 4.79 Å². The zero-order valence-electron chi connectivity index (χ0n) is 10.4. The second kappa shape index (κ2) is 5.50. The molecule has 1 aliphatic rings. The molecule has 1 N–H and O–H groups in total. The Morgan fingerprint density at radius 1 is 1.40 bits per heavy atom. The zero-order valence-corrected chi connectivity index (χ0v) is 10.4. The van der Waals surface area contributed by atoms with E-state index in [1.54, 1.807) is 0 Å². The Bertz CT molecular complexity index is 214. The van der Waals surface area contributed by atoms with Gasteiger partial charge in [-0.25, -0.2) is 0 Å². The normalized spacial score (nSPS) is 22.5. The third-order valence-electron chi connectivity index (χ3n) is 2.82. The maximum atomic E-state index is 11.8. The Labute approximate surface area is 93.2 Å². The van der Waals surface area contributed by atoms with Crippen LogP contribution in [0.15, 0.2) is 0 Å². The molecule has 0 aromatic carbocycles. The molecule has 0 bridgehead atoms. The second-order valence-corrected chi connectivity index (χ2v) is 5.22. The first-order valence-corrected chi connectivity index (χ1v) is 6.03. The maximum Gasteiger partial charge on any atom is 0.225 e. The molecule has 1 heterocycles. The molecule has 1 fully saturated rings. The molecule has 15 heavy (non-hydrogen) atoms. The van der Waals surface area contributed by atoms with Gasteiger partial charge >= 0.3 is 0 Å². The molecule has 1 unspecified atom stereocenters. The van der Waals surface area contributed by atoms with Crippen LogP contribution in [0, 0.1) is 11.8 Å². The Kier molecular flexibility index (Phi) is 4.58. The molecule has 0 spiro atoms. The van der Waals surface area contributed by atoms with Crippen LogP contribution in [-0.2, 0) is 4.79 Å². The van der Waals surface area contributed by atoms with Gasteiger partial charge in [-0.05, 0) is 12.3 Å². The fraction of sp³-hybridized carbons (Fsp3) is 0.917. The van der Waals surface area contributed by atoms with Gasteiger partial charge in [-0.3, -0.25) is 4.79 Å². The van der Waals surface area contributed by atoms with Crippen LogP contribution in [0.1, 0.15) is 34.1 Å². The van der Waals surface area contributed by atoms with Gasteiger partial charge in [0.05, 0.1) is 0 Å². The lowest BCUT2D eigenvalue weighted by molar-refractivity contribution is -0.135. The van der Waals surface area contributed by atoms with E-state index >= 15 is 0 Å². The molecule has 3 nitrogen and oxygen atoms in total. The Morgan fingerprint density at radius 2 is 2.07 bits per heavy atom. The highest BCUT2D eigenvalue weighted by Crippen LogP contribution is 2.11. The number of carbonyl (C=O) groups excluding carboxylic acids is 1. The van der Waals surface area contributed by atoms with Crippen LogP contribution in [0.5, 0.6) is 0 Å². The molecule has 1 saturated heterocycles. The summed E-state index contributed by atoms with van der Waals surface area (Å²) in [6.45, 7) is 11.1. The third kappa shape index (κ3) is 3.82. The largest absolute Gasteiger partial charge is 0.340 e. The van der Waals surface area contributed by atoms with Gasteiger partial charge in [0.1, 0.15) is 0 Å². The topological polar surface area (TPSA) is 32.3 Å². The van der Waals surface area contributed by atoms with Gasteiger partial charge in [0.25, 0.3) is 0 Å². The monoisotopic (exact) mass is 212 g/mol. The van der Waals surface area contributed by atoms with Gasteiger partial charge < -0.3 is 10.2 Å². The second-order valence-electron chi connectivity index (χ2n) is 5.22. The van der Waals surface area contributed by atoms with Crippen LogP contribution >= 0.6 is 0 Å². The lowest BCUT2D eigenvalue weighted by Crippen LogP contribution is -2.53. The zero-order chi connectivity index (χ0) is 11.4. The summed E-state index contributed by atoms with van der Waals surface area (Å²) >= 11 is 0. The van der Waals surface area contributed by atoms with Crippen LogP contribution in [0.4, 0.5) is 0 Å². The van der Waals surface area contributed by atoms with Crippen molar-refractivity contribution >= 4 is 5.91 Å². The van der Waals surface area contributed by atoms with E-state index in [1.165, 1.54) is 0 Å². The highest BCUT2D eigenvalue weighted by atomic mass is 16.2. The number of hydrogen-bond donors (Lipinski definition) is 1. The molecule has 3 heteroatoms. The van der Waals surface area contributed by atoms with Gasteiger partial charge in [0.2, 0.25) is 5.91 Å². The molecule has 0 aromatic rings. The number of nitrogens with one attached hydrogen (secondary N) is 1. The smallest absolute Gasteiger partial charge is 0.225 e. The fourth-order valence-corrected chi connectivity index (χ4v) is 2.12. The lowest BCUT2D eigenvalue weighted by atomic mass is 10.0. The molecular weight excluding hydrogens is 188 g/mol. The average Bonchev–Trinajstić information content (AvgIpc) is 2.16. The summed E-state index contributed by atoms with van der Waals surface area (Å²) in [5.41, 5.74) is 0. The summed E-state index contributed by atoms with van der Waals surface area (Å²) in [6.07, 6.45) is 1.15. The van der Waals surface area contributed by atoms with Crippen LogP contribution < -0.4 is 5.32 Å². The number of hydrogen-bond acceptors (Lipinski definition) is 2. The molecule has 1 atom stereocenters. The SMILES string of the molecule is CC(C)CC1CN(C(=O)C(C)C)CCN1. The predicted octanol–water partition coefficient (Wildman–Crippen LogP) is 1.49. The van der Waals surface area contributed by atoms with Crippen molar-refractivity contribution in [3.8, 4) is 0 Å². The Balaban J connectivity index is 2.45. The van der Waals surface area contributed by atoms with Gasteiger partial charge in [0, 0.05) is 31.6 Å². The average molecular weight is 212 g/mol. The molecule has 0 aromatic heterocycles. The van der Waals surface area contributed by atoms with Crippen molar-refractivity contribution in [2.45, 2.75) is 40.2 Å². The maximum absolute atomic E-state index is 11.8. The molecule has 1 amide bonds. The van der Waals surface area contributed by atoms with Crippen molar-refractivity contribution in [3.63, 3.8) is 0 Å². The van der Waals surface area contributed by atoms with E-state index in [0.29, 0.717) is 17.9 Å². The molecule has 0 saturated carbocycles. The molecular formula is C12H24N2O. The minimum Gasteiger partial charge on any atom is -0.340 e. The minimum atomic E-state index is 0.128. The summed E-state index contributed by atoms with van der Waals surface area (Å²) < 4.78 is 0. The van der Waals surface area contributed by atoms with Crippen LogP contribution in [0.25, 0.3) is 0 Å². The number of carbonyl (C=O) groups is 1. The molecule has 88 valence electrons. The first kappa shape index (κ1) is 12.5. The highest BCUT2D eigenvalue weighted by Gasteiger charge is 2.24. The molecule has 0 radical (unpaired) electrons. The fourth-order valence-electron chi connectivity index (χ4n) is 2.12. The first-order valence-electron chi connectivity index (χ1n) is 6.03. The van der Waals surface area contributed by atoms with Crippen molar-refractivity contribution in [3.05, 3.63) is 0 Å². The quantitative estimate of drug-likeness (QED) is 0.768. The number of amides is 1. The van der Waals surface area contributed by atoms with Crippen molar-refractivity contribution in [2.75, 3.05) is 19.6 Å². The van der Waals surface area contributed by atoms with Gasteiger partial charge in [0.15, 0.2) is 0 Å². The van der Waals surface area contributed by atoms with Crippen molar-refractivity contribution in [1.82, 2.24) is 10.2 Å². The molecule has 1 aliphatic heterocycles. The minimum absolute atomic E-state index is 0.128. The first-order chi connectivity index (χ1) is 7.00. The summed E-state index contributed by atoms with van der Waals surface area (Å²) in [5, 5.41) is 3.48. The number of nitrogens with zero attached hydrogens (tertiary/aromatic N) is 1. The van der Waals surface area contributed by atoms with Gasteiger partial charge in [-0.15, -0.1) is 0 Å². The van der Waals surface area contributed by atoms with Crippen LogP contribution in [-0.4, -0.2) is 36.5 Å². The van der Waals surface area contributed by atoms with E-state index < -0.39 is 0 Å². The number of rotatable bonds is 3. The number of piperazine rings is 1. The van der Waals surface area contributed by atoms with E-state index in [1.807, 2.05) is 18.7 Å². The van der Waals surface area contributed by atoms with Crippen molar-refractivity contribution in [2.24, 2.45) is 11.8 Å². The van der Waals surface area contributed by atoms with Crippen molar-refractivity contribution in [1.29, 1.82) is 0 Å². The van der Waals surface area contributed by atoms with Crippen molar-refractivity contribution < 1.29 is 4.79 Å². The van der Waals surface area contributed by atoms with Crippen LogP contribution in [0.2, 0.25) is 0 Å². The van der Waals surface area contributed by atoms with Crippen LogP contribution in [0.3, 0.4) is 0 Å². The Hall–Kier alpha value is -0.570. The Morgan fingerprint density at radius 3 is 2.60 bits per heavy atom. The van der Waals surface area contributed by atoms with Gasteiger partial charge in [-0.2, -0.15) is 0 Å². The summed E-state index contributed by atoms with van der Waals surface area (Å²) in [7, 11) is 0. The van der Waals surface area contributed by atoms with E-state index in [4.69, 9.17) is 0 Å². The highest BCUT2D eigenvalue weighted by molar-refractivity contribution is 5.78.